The monoisotopic (exact) mass is 386 g/mol. The largest absolute Gasteiger partial charge is 0.413 e. The molecular formula is C20H38O5Si. The minimum atomic E-state index is -2.09. The van der Waals surface area contributed by atoms with Crippen LogP contribution < -0.4 is 0 Å². The molecule has 3 atom stereocenters. The van der Waals surface area contributed by atoms with Gasteiger partial charge in [-0.2, -0.15) is 0 Å². The molecule has 2 saturated heterocycles. The van der Waals surface area contributed by atoms with Gasteiger partial charge in [0, 0.05) is 18.3 Å². The van der Waals surface area contributed by atoms with Crippen LogP contribution in [0.25, 0.3) is 0 Å². The van der Waals surface area contributed by atoms with E-state index in [4.69, 9.17) is 18.6 Å². The Kier molecular flexibility index (Phi) is 5.89. The normalized spacial score (nSPS) is 31.1. The number of ether oxygens (including phenoxy) is 3. The van der Waals surface area contributed by atoms with Crippen molar-refractivity contribution < 1.29 is 23.4 Å². The second-order valence-corrected chi connectivity index (χ2v) is 14.9. The number of rotatable bonds is 7. The molecule has 0 radical (unpaired) electrons. The average Bonchev–Trinajstić information content (AvgIpc) is 2.73. The first-order valence-corrected chi connectivity index (χ1v) is 12.8. The van der Waals surface area contributed by atoms with E-state index in [2.05, 4.69) is 40.8 Å². The summed E-state index contributed by atoms with van der Waals surface area (Å²) in [7, 11) is -2.09. The number of carbonyl (C=O) groups excluding carboxylic acids is 1. The molecule has 0 saturated carbocycles. The van der Waals surface area contributed by atoms with Gasteiger partial charge in [-0.05, 0) is 25.1 Å². The molecule has 0 aliphatic carbocycles. The first kappa shape index (κ1) is 22.0. The fourth-order valence-corrected chi connectivity index (χ4v) is 4.75. The summed E-state index contributed by atoms with van der Waals surface area (Å²) in [4.78, 5) is 12.7. The van der Waals surface area contributed by atoms with E-state index in [-0.39, 0.29) is 22.5 Å². The Balaban J connectivity index is 2.31. The molecule has 0 amide bonds. The summed E-state index contributed by atoms with van der Waals surface area (Å²) >= 11 is 0. The molecular weight excluding hydrogens is 348 g/mol. The van der Waals surface area contributed by atoms with Crippen LogP contribution in [0.15, 0.2) is 0 Å². The topological polar surface area (TPSA) is 54.0 Å². The third kappa shape index (κ3) is 4.25. The van der Waals surface area contributed by atoms with E-state index in [1.165, 1.54) is 0 Å². The van der Waals surface area contributed by atoms with Gasteiger partial charge in [0.25, 0.3) is 5.97 Å². The molecule has 2 fully saturated rings. The summed E-state index contributed by atoms with van der Waals surface area (Å²) in [5.74, 6) is -0.903. The Morgan fingerprint density at radius 1 is 1.19 bits per heavy atom. The van der Waals surface area contributed by atoms with Crippen molar-refractivity contribution in [3.8, 4) is 0 Å². The van der Waals surface area contributed by atoms with Gasteiger partial charge in [0.15, 0.2) is 8.32 Å². The second kappa shape index (κ2) is 6.96. The van der Waals surface area contributed by atoms with Crippen LogP contribution >= 0.6 is 0 Å². The van der Waals surface area contributed by atoms with E-state index in [0.29, 0.717) is 26.1 Å². The second-order valence-electron chi connectivity index (χ2n) is 10.2. The van der Waals surface area contributed by atoms with E-state index in [9.17, 15) is 4.79 Å². The summed E-state index contributed by atoms with van der Waals surface area (Å²) in [5, 5.41) is 0.0492. The molecule has 0 aromatic rings. The summed E-state index contributed by atoms with van der Waals surface area (Å²) in [6, 6.07) is 0. The number of ketones is 1. The highest BCUT2D eigenvalue weighted by Gasteiger charge is 2.56. The Bertz CT molecular complexity index is 539. The molecule has 2 heterocycles. The third-order valence-electron chi connectivity index (χ3n) is 6.48. The maximum absolute atomic E-state index is 12.7. The molecule has 0 aromatic carbocycles. The maximum atomic E-state index is 12.7. The van der Waals surface area contributed by atoms with Gasteiger partial charge < -0.3 is 18.6 Å². The quantitative estimate of drug-likeness (QED) is 0.596. The molecule has 2 bridgehead atoms. The SMILES string of the molecule is CCC(=O)C(C)(C)[C@H](C[C@@]12OCC[C@@](C)(CO1)O2)O[Si](C)(C)C(C)(C)C. The highest BCUT2D eigenvalue weighted by Crippen LogP contribution is 2.47. The number of Topliss-reactive ketones (excluding diaryl/α,β-unsaturated/α-hetero) is 1. The van der Waals surface area contributed by atoms with Crippen molar-refractivity contribution in [2.45, 2.75) is 104 Å². The lowest BCUT2D eigenvalue weighted by Gasteiger charge is -2.46. The zero-order valence-electron chi connectivity index (χ0n) is 18.2. The standard InChI is InChI=1S/C20H38O5Si/c1-10-15(21)18(5,6)16(24-26(8,9)17(2,3)4)13-20-22-12-11-19(7,25-20)14-23-20/h16H,10-14H2,1-9H3/t16-,19-,20+/m0/s1. The number of hydrogen-bond acceptors (Lipinski definition) is 5. The average molecular weight is 387 g/mol. The van der Waals surface area contributed by atoms with Gasteiger partial charge in [-0.3, -0.25) is 4.79 Å². The lowest BCUT2D eigenvalue weighted by Crippen LogP contribution is -2.54. The van der Waals surface area contributed by atoms with E-state index in [1.807, 2.05) is 20.8 Å². The smallest absolute Gasteiger partial charge is 0.286 e. The molecule has 0 N–H and O–H groups in total. The van der Waals surface area contributed by atoms with Crippen LogP contribution in [-0.4, -0.2) is 45.0 Å². The summed E-state index contributed by atoms with van der Waals surface area (Å²) in [5.41, 5.74) is -0.940. The van der Waals surface area contributed by atoms with E-state index >= 15 is 0 Å². The van der Waals surface area contributed by atoms with Crippen molar-refractivity contribution in [1.82, 2.24) is 0 Å². The molecule has 5 nitrogen and oxygen atoms in total. The molecule has 0 unspecified atom stereocenters. The Morgan fingerprint density at radius 2 is 1.81 bits per heavy atom. The lowest BCUT2D eigenvalue weighted by molar-refractivity contribution is -0.376. The fourth-order valence-electron chi connectivity index (χ4n) is 3.31. The van der Waals surface area contributed by atoms with E-state index in [0.717, 1.165) is 6.42 Å². The lowest BCUT2D eigenvalue weighted by atomic mass is 9.79. The van der Waals surface area contributed by atoms with Gasteiger partial charge in [-0.1, -0.05) is 41.5 Å². The van der Waals surface area contributed by atoms with Crippen molar-refractivity contribution >= 4 is 14.1 Å². The third-order valence-corrected chi connectivity index (χ3v) is 11.0. The molecule has 26 heavy (non-hydrogen) atoms. The van der Waals surface area contributed by atoms with Crippen LogP contribution in [0.1, 0.15) is 67.7 Å². The zero-order chi connectivity index (χ0) is 20.0. The Hall–Kier alpha value is -0.273. The first-order valence-electron chi connectivity index (χ1n) is 9.86. The minimum Gasteiger partial charge on any atom is -0.413 e. The summed E-state index contributed by atoms with van der Waals surface area (Å²) < 4.78 is 24.9. The van der Waals surface area contributed by atoms with Gasteiger partial charge >= 0.3 is 0 Å². The fraction of sp³-hybridized carbons (Fsp3) is 0.950. The van der Waals surface area contributed by atoms with Crippen LogP contribution in [0.5, 0.6) is 0 Å². The highest BCUT2D eigenvalue weighted by atomic mass is 28.4. The zero-order valence-corrected chi connectivity index (χ0v) is 19.2. The van der Waals surface area contributed by atoms with Crippen molar-refractivity contribution in [2.24, 2.45) is 5.41 Å². The molecule has 2 rings (SSSR count). The van der Waals surface area contributed by atoms with Crippen molar-refractivity contribution in [2.75, 3.05) is 13.2 Å². The van der Waals surface area contributed by atoms with Crippen LogP contribution in [0.3, 0.4) is 0 Å². The summed E-state index contributed by atoms with van der Waals surface area (Å²) in [6.07, 6.45) is 1.39. The predicted molar refractivity (Wildman–Crippen MR) is 105 cm³/mol. The van der Waals surface area contributed by atoms with Crippen molar-refractivity contribution in [3.05, 3.63) is 0 Å². The summed E-state index contributed by atoms with van der Waals surface area (Å²) in [6.45, 7) is 20.1. The van der Waals surface area contributed by atoms with Crippen molar-refractivity contribution in [1.29, 1.82) is 0 Å². The number of carbonyl (C=O) groups is 1. The number of fused-ring (bicyclic) bond motifs is 2. The van der Waals surface area contributed by atoms with Gasteiger partial charge in [-0.15, -0.1) is 0 Å². The molecule has 2 aliphatic heterocycles. The molecule has 0 aromatic heterocycles. The maximum Gasteiger partial charge on any atom is 0.286 e. The predicted octanol–water partition coefficient (Wildman–Crippen LogP) is 4.65. The van der Waals surface area contributed by atoms with Crippen LogP contribution in [0.4, 0.5) is 0 Å². The van der Waals surface area contributed by atoms with E-state index < -0.39 is 19.7 Å². The van der Waals surface area contributed by atoms with Crippen molar-refractivity contribution in [3.63, 3.8) is 0 Å². The minimum absolute atomic E-state index is 0.0492. The Labute approximate surface area is 160 Å². The van der Waals surface area contributed by atoms with Gasteiger partial charge in [0.2, 0.25) is 0 Å². The van der Waals surface area contributed by atoms with Gasteiger partial charge in [-0.25, -0.2) is 0 Å². The van der Waals surface area contributed by atoms with E-state index in [1.54, 1.807) is 0 Å². The van der Waals surface area contributed by atoms with Crippen LogP contribution in [-0.2, 0) is 23.4 Å². The van der Waals surface area contributed by atoms with Gasteiger partial charge in [0.05, 0.1) is 31.3 Å². The van der Waals surface area contributed by atoms with Gasteiger partial charge in [0.1, 0.15) is 5.78 Å². The Morgan fingerprint density at radius 3 is 2.35 bits per heavy atom. The molecule has 152 valence electrons. The van der Waals surface area contributed by atoms with Crippen LogP contribution in [0, 0.1) is 5.41 Å². The molecule has 0 spiro atoms. The first-order chi connectivity index (χ1) is 11.7. The highest BCUT2D eigenvalue weighted by molar-refractivity contribution is 6.74. The van der Waals surface area contributed by atoms with Crippen LogP contribution in [0.2, 0.25) is 18.1 Å². The molecule has 6 heteroatoms. The number of hydrogen-bond donors (Lipinski definition) is 0. The molecule has 2 aliphatic rings.